The van der Waals surface area contributed by atoms with Crippen LogP contribution in [-0.4, -0.2) is 32.4 Å². The molecule has 0 saturated heterocycles. The SMILES string of the molecule is CC1C[C@@H](C)C(=O)/C=C/[C@](C)(O)[C@@H](I)OC(=O)[C@H](C)C(=O)[C@H](C)C1. The van der Waals surface area contributed by atoms with E-state index in [2.05, 4.69) is 0 Å². The summed E-state index contributed by atoms with van der Waals surface area (Å²) in [6.07, 6.45) is 4.01. The number of ether oxygens (including phenoxy) is 1. The lowest BCUT2D eigenvalue weighted by Gasteiger charge is -2.27. The maximum atomic E-state index is 12.4. The number of ketones is 2. The molecule has 0 aliphatic carbocycles. The molecule has 0 amide bonds. The van der Waals surface area contributed by atoms with Crippen LogP contribution < -0.4 is 0 Å². The zero-order chi connectivity index (χ0) is 18.7. The first-order chi connectivity index (χ1) is 11.0. The number of rotatable bonds is 0. The molecule has 0 radical (unpaired) electrons. The molecule has 0 saturated carbocycles. The van der Waals surface area contributed by atoms with Crippen molar-refractivity contribution in [3.63, 3.8) is 0 Å². The van der Waals surface area contributed by atoms with Crippen LogP contribution in [-0.2, 0) is 19.1 Å². The fraction of sp³-hybridized carbons (Fsp3) is 0.722. The molecule has 0 spiro atoms. The quantitative estimate of drug-likeness (QED) is 0.266. The molecule has 0 fully saturated rings. The molecular weight excluding hydrogens is 423 g/mol. The fourth-order valence-electron chi connectivity index (χ4n) is 2.89. The number of esters is 1. The van der Waals surface area contributed by atoms with Gasteiger partial charge in [-0.05, 0) is 67.3 Å². The van der Waals surface area contributed by atoms with E-state index >= 15 is 0 Å². The minimum atomic E-state index is -1.49. The van der Waals surface area contributed by atoms with Gasteiger partial charge in [0.05, 0.1) is 0 Å². The number of aliphatic hydroxyl groups is 1. The lowest BCUT2D eigenvalue weighted by molar-refractivity contribution is -0.157. The Morgan fingerprint density at radius 2 is 1.67 bits per heavy atom. The number of cyclic esters (lactones) is 1. The van der Waals surface area contributed by atoms with Crippen LogP contribution >= 0.6 is 22.6 Å². The first-order valence-corrected chi connectivity index (χ1v) is 9.54. The minimum Gasteiger partial charge on any atom is -0.448 e. The number of hydrogen-bond donors (Lipinski definition) is 1. The maximum Gasteiger partial charge on any atom is 0.317 e. The molecule has 6 atom stereocenters. The molecule has 1 aliphatic rings. The van der Waals surface area contributed by atoms with Crippen molar-refractivity contribution in [2.45, 2.75) is 57.2 Å². The zero-order valence-corrected chi connectivity index (χ0v) is 17.1. The topological polar surface area (TPSA) is 80.7 Å². The van der Waals surface area contributed by atoms with Crippen molar-refractivity contribution < 1.29 is 24.2 Å². The molecule has 1 N–H and O–H groups in total. The van der Waals surface area contributed by atoms with Crippen molar-refractivity contribution in [3.8, 4) is 0 Å². The molecule has 0 aromatic carbocycles. The normalized spacial score (nSPS) is 41.5. The summed E-state index contributed by atoms with van der Waals surface area (Å²) >= 11 is 1.80. The number of allylic oxidation sites excluding steroid dienone is 1. The summed E-state index contributed by atoms with van der Waals surface area (Å²) in [5.41, 5.74) is -1.49. The molecule has 1 aliphatic heterocycles. The van der Waals surface area contributed by atoms with Gasteiger partial charge in [0.1, 0.15) is 17.3 Å². The average Bonchev–Trinajstić information content (AvgIpc) is 2.49. The summed E-state index contributed by atoms with van der Waals surface area (Å²) in [7, 11) is 0. The Balaban J connectivity index is 3.12. The smallest absolute Gasteiger partial charge is 0.317 e. The molecular formula is C18H27IO5. The third kappa shape index (κ3) is 5.65. The Hall–Kier alpha value is -0.760. The van der Waals surface area contributed by atoms with Gasteiger partial charge in [-0.2, -0.15) is 0 Å². The monoisotopic (exact) mass is 450 g/mol. The molecule has 1 heterocycles. The number of hydrogen-bond acceptors (Lipinski definition) is 5. The summed E-state index contributed by atoms with van der Waals surface area (Å²) in [5.74, 6) is -2.06. The van der Waals surface area contributed by atoms with Crippen molar-refractivity contribution in [2.24, 2.45) is 23.7 Å². The largest absolute Gasteiger partial charge is 0.448 e. The van der Waals surface area contributed by atoms with Crippen LogP contribution in [0.2, 0.25) is 0 Å². The van der Waals surface area contributed by atoms with Crippen LogP contribution in [0.1, 0.15) is 47.5 Å². The number of carbonyl (C=O) groups is 3. The third-order valence-corrected chi connectivity index (χ3v) is 6.04. The van der Waals surface area contributed by atoms with Gasteiger partial charge >= 0.3 is 5.97 Å². The highest BCUT2D eigenvalue weighted by molar-refractivity contribution is 14.1. The van der Waals surface area contributed by atoms with Gasteiger partial charge < -0.3 is 9.84 Å². The van der Waals surface area contributed by atoms with Gasteiger partial charge in [-0.3, -0.25) is 14.4 Å². The summed E-state index contributed by atoms with van der Waals surface area (Å²) < 4.78 is 4.35. The van der Waals surface area contributed by atoms with E-state index in [9.17, 15) is 19.5 Å². The number of halogens is 1. The van der Waals surface area contributed by atoms with Gasteiger partial charge in [0, 0.05) is 11.8 Å². The van der Waals surface area contributed by atoms with Crippen molar-refractivity contribution in [1.82, 2.24) is 0 Å². The zero-order valence-electron chi connectivity index (χ0n) is 14.9. The summed E-state index contributed by atoms with van der Waals surface area (Å²) in [4.78, 5) is 36.8. The highest BCUT2D eigenvalue weighted by atomic mass is 127. The van der Waals surface area contributed by atoms with Crippen molar-refractivity contribution in [1.29, 1.82) is 0 Å². The molecule has 0 aromatic heterocycles. The minimum absolute atomic E-state index is 0.0820. The van der Waals surface area contributed by atoms with E-state index in [1.54, 1.807) is 29.5 Å². The summed E-state index contributed by atoms with van der Waals surface area (Å²) in [5, 5.41) is 10.4. The van der Waals surface area contributed by atoms with Crippen LogP contribution in [0.4, 0.5) is 0 Å². The van der Waals surface area contributed by atoms with E-state index in [1.165, 1.54) is 26.0 Å². The van der Waals surface area contributed by atoms with Gasteiger partial charge in [0.25, 0.3) is 0 Å². The lowest BCUT2D eigenvalue weighted by atomic mass is 9.83. The second-order valence-electron chi connectivity index (χ2n) is 7.22. The number of alkyl halides is 1. The summed E-state index contributed by atoms with van der Waals surface area (Å²) in [6.45, 7) is 8.66. The maximum absolute atomic E-state index is 12.4. The van der Waals surface area contributed by atoms with Crippen LogP contribution in [0.25, 0.3) is 0 Å². The van der Waals surface area contributed by atoms with Crippen molar-refractivity contribution in [3.05, 3.63) is 12.2 Å². The Morgan fingerprint density at radius 3 is 2.25 bits per heavy atom. The number of carbonyl (C=O) groups excluding carboxylic acids is 3. The van der Waals surface area contributed by atoms with Gasteiger partial charge in [-0.1, -0.05) is 20.8 Å². The van der Waals surface area contributed by atoms with E-state index in [4.69, 9.17) is 4.74 Å². The van der Waals surface area contributed by atoms with E-state index < -0.39 is 21.6 Å². The lowest BCUT2D eigenvalue weighted by Crippen LogP contribution is -2.39. The van der Waals surface area contributed by atoms with Gasteiger partial charge in [-0.15, -0.1) is 0 Å². The molecule has 0 aromatic rings. The Bertz CT molecular complexity index is 526. The standard InChI is InChI=1S/C18H27IO5/c1-10-8-11(2)14(20)6-7-18(5,23)17(19)24-16(22)13(4)15(21)12(3)9-10/h6-7,10-13,17,23H,8-9H2,1-5H3/b7-6+/t10?,11-,12-,13-,17+,18+/m1/s1. The van der Waals surface area contributed by atoms with Crippen LogP contribution in [0.15, 0.2) is 12.2 Å². The van der Waals surface area contributed by atoms with Gasteiger partial charge in [-0.25, -0.2) is 0 Å². The van der Waals surface area contributed by atoms with Gasteiger partial charge in [0.15, 0.2) is 9.89 Å². The molecule has 24 heavy (non-hydrogen) atoms. The fourth-order valence-corrected chi connectivity index (χ4v) is 3.35. The molecule has 1 rings (SSSR count). The molecule has 5 nitrogen and oxygen atoms in total. The molecule has 136 valence electrons. The average molecular weight is 450 g/mol. The Kier molecular flexibility index (Phi) is 7.59. The first kappa shape index (κ1) is 21.3. The van der Waals surface area contributed by atoms with Crippen LogP contribution in [0, 0.1) is 23.7 Å². The second-order valence-corrected chi connectivity index (χ2v) is 8.35. The van der Waals surface area contributed by atoms with E-state index in [0.29, 0.717) is 12.8 Å². The predicted molar refractivity (Wildman–Crippen MR) is 99.6 cm³/mol. The molecule has 0 bridgehead atoms. The van der Waals surface area contributed by atoms with Gasteiger partial charge in [0.2, 0.25) is 0 Å². The van der Waals surface area contributed by atoms with Crippen molar-refractivity contribution >= 4 is 40.1 Å². The number of Topliss-reactive ketones (excluding diaryl/α,β-unsaturated/α-hetero) is 1. The Morgan fingerprint density at radius 1 is 1.12 bits per heavy atom. The third-order valence-electron chi connectivity index (χ3n) is 4.53. The first-order valence-electron chi connectivity index (χ1n) is 8.29. The summed E-state index contributed by atoms with van der Waals surface area (Å²) in [6, 6.07) is 0. The highest BCUT2D eigenvalue weighted by Gasteiger charge is 2.35. The van der Waals surface area contributed by atoms with E-state index in [0.717, 1.165) is 0 Å². The van der Waals surface area contributed by atoms with Crippen LogP contribution in [0.5, 0.6) is 0 Å². The Labute approximate surface area is 157 Å². The van der Waals surface area contributed by atoms with Crippen molar-refractivity contribution in [2.75, 3.05) is 0 Å². The van der Waals surface area contributed by atoms with E-state index in [-0.39, 0.29) is 29.3 Å². The predicted octanol–water partition coefficient (Wildman–Crippen LogP) is 3.07. The molecule has 1 unspecified atom stereocenters. The second kappa shape index (κ2) is 8.56. The van der Waals surface area contributed by atoms with E-state index in [1.807, 2.05) is 13.8 Å². The highest BCUT2D eigenvalue weighted by Crippen LogP contribution is 2.27. The molecule has 6 heteroatoms. The van der Waals surface area contributed by atoms with Crippen LogP contribution in [0.3, 0.4) is 0 Å².